The van der Waals surface area contributed by atoms with E-state index in [1.807, 2.05) is 0 Å². The van der Waals surface area contributed by atoms with Crippen LogP contribution in [-0.4, -0.2) is 79.3 Å². The van der Waals surface area contributed by atoms with Gasteiger partial charge in [-0.2, -0.15) is 0 Å². The van der Waals surface area contributed by atoms with Gasteiger partial charge in [-0.15, -0.1) is 0 Å². The topological polar surface area (TPSA) is 112 Å². The van der Waals surface area contributed by atoms with Crippen LogP contribution in [0, 0.1) is 0 Å². The molecule has 0 heterocycles. The summed E-state index contributed by atoms with van der Waals surface area (Å²) < 4.78 is 0. The third-order valence-corrected chi connectivity index (χ3v) is 11.0. The molecule has 0 radical (unpaired) electrons. The van der Waals surface area contributed by atoms with Crippen LogP contribution in [0.15, 0.2) is 0 Å². The predicted octanol–water partition coefficient (Wildman–Crippen LogP) is 17.1. The molecule has 0 saturated heterocycles. The molecule has 0 fully saturated rings. The Kier molecular flexibility index (Phi) is 73.5. The first-order chi connectivity index (χ1) is 27.3. The normalized spacial score (nSPS) is 10.4. The zero-order chi connectivity index (χ0) is 41.8. The van der Waals surface area contributed by atoms with E-state index in [1.54, 1.807) is 0 Å². The average Bonchev–Trinajstić information content (AvgIpc) is 3.17. The molecule has 0 amide bonds. The summed E-state index contributed by atoms with van der Waals surface area (Å²) in [6.45, 7) is 6.79. The van der Waals surface area contributed by atoms with E-state index in [0.29, 0.717) is 19.3 Å². The van der Waals surface area contributed by atoms with Crippen molar-refractivity contribution >= 4 is 64.0 Å². The summed E-state index contributed by atoms with van der Waals surface area (Å²) in [5, 5.41) is 25.5. The molecule has 0 rings (SSSR count). The third kappa shape index (κ3) is 76.6. The maximum absolute atomic E-state index is 10.3. The molecule has 58 heavy (non-hydrogen) atoms. The van der Waals surface area contributed by atoms with Crippen molar-refractivity contribution < 1.29 is 35.4 Å². The Bertz CT molecular complexity index is 744. The first-order valence-corrected chi connectivity index (χ1v) is 25.0. The van der Waals surface area contributed by atoms with Gasteiger partial charge in [-0.05, 0) is 19.3 Å². The Morgan fingerprint density at radius 3 is 0.448 bits per heavy atom. The second kappa shape index (κ2) is 63.6. The maximum atomic E-state index is 10.3. The third-order valence-electron chi connectivity index (χ3n) is 11.0. The van der Waals surface area contributed by atoms with E-state index < -0.39 is 17.9 Å². The largest absolute Gasteiger partial charge is 2.00 e. The van der Waals surface area contributed by atoms with Crippen LogP contribution in [0.3, 0.4) is 0 Å². The number of rotatable bonds is 44. The van der Waals surface area contributed by atoms with Crippen molar-refractivity contribution in [2.24, 2.45) is 0 Å². The van der Waals surface area contributed by atoms with Crippen molar-refractivity contribution in [3.05, 3.63) is 0 Å². The molecule has 0 bridgehead atoms. The fourth-order valence-corrected chi connectivity index (χ4v) is 7.24. The van der Waals surface area contributed by atoms with Crippen molar-refractivity contribution in [3.63, 3.8) is 0 Å². The Morgan fingerprint density at radius 1 is 0.241 bits per heavy atom. The fraction of sp³-hybridized carbons (Fsp3) is 0.940. The van der Waals surface area contributed by atoms with E-state index in [4.69, 9.17) is 15.3 Å². The van der Waals surface area contributed by atoms with Gasteiger partial charge in [0.15, 0.2) is 0 Å². The minimum atomic E-state index is -0.657. The van der Waals surface area contributed by atoms with E-state index in [0.717, 1.165) is 38.5 Å². The zero-order valence-electron chi connectivity index (χ0n) is 43.6. The first kappa shape index (κ1) is 67.0. The van der Waals surface area contributed by atoms with Crippen LogP contribution in [0.4, 0.5) is 0 Å². The Labute approximate surface area is 400 Å². The van der Waals surface area contributed by atoms with E-state index in [1.165, 1.54) is 225 Å². The first-order valence-electron chi connectivity index (χ1n) is 25.0. The van der Waals surface area contributed by atoms with E-state index in [2.05, 4.69) is 20.8 Å². The molecule has 0 spiro atoms. The summed E-state index contributed by atoms with van der Waals surface area (Å²) in [5.74, 6) is -1.96. The number of unbranched alkanes of at least 4 members (excludes halogenated alkanes) is 38. The van der Waals surface area contributed by atoms with Crippen LogP contribution in [0.1, 0.15) is 309 Å². The average molecular weight is 850 g/mol. The molecule has 0 atom stereocenters. The number of carboxylic acid groups (broad SMARTS) is 3. The quantitative estimate of drug-likeness (QED) is 0.0416. The van der Waals surface area contributed by atoms with Gasteiger partial charge >= 0.3 is 64.0 Å². The number of carboxylic acids is 3. The number of carbonyl (C=O) groups is 3. The molecule has 344 valence electrons. The van der Waals surface area contributed by atoms with E-state index in [9.17, 15) is 14.4 Å². The molecule has 0 aliphatic carbocycles. The molecular weight excluding hydrogens is 745 g/mol. The minimum Gasteiger partial charge on any atom is -1.00 e. The second-order valence-corrected chi connectivity index (χ2v) is 16.9. The van der Waals surface area contributed by atoms with Crippen LogP contribution in [0.2, 0.25) is 0 Å². The Morgan fingerprint density at radius 2 is 0.345 bits per heavy atom. The Hall–Kier alpha value is -0.0575. The number of aliphatic carboxylic acids is 3. The maximum Gasteiger partial charge on any atom is 2.00 e. The molecular formula is C50H104Mg2O6. The summed E-state index contributed by atoms with van der Waals surface area (Å²) in [6, 6.07) is 0. The van der Waals surface area contributed by atoms with Crippen LogP contribution >= 0.6 is 0 Å². The monoisotopic (exact) mass is 849 g/mol. The summed E-state index contributed by atoms with van der Waals surface area (Å²) in [7, 11) is 0. The van der Waals surface area contributed by atoms with Gasteiger partial charge in [0.05, 0.1) is 0 Å². The van der Waals surface area contributed by atoms with Crippen LogP contribution in [-0.2, 0) is 14.4 Å². The smallest absolute Gasteiger partial charge is 1.00 e. The van der Waals surface area contributed by atoms with Crippen molar-refractivity contribution in [1.29, 1.82) is 0 Å². The molecule has 0 aliphatic rings. The van der Waals surface area contributed by atoms with Crippen LogP contribution < -0.4 is 0 Å². The summed E-state index contributed by atoms with van der Waals surface area (Å²) in [6.07, 6.45) is 54.8. The van der Waals surface area contributed by atoms with Crippen LogP contribution in [0.25, 0.3) is 0 Å². The molecule has 0 aromatic heterocycles. The molecule has 0 saturated carbocycles. The molecule has 0 unspecified atom stereocenters. The SMILES string of the molecule is CCCCCCCCCCCCCC(=O)O.CCCCCCCCCCCCCCCCCC(=O)O.CCCCCCCCCCCCCCCCCC(=O)O.[H-].[H-].[H-].[H-].[Mg+2].[Mg+2]. The van der Waals surface area contributed by atoms with Crippen molar-refractivity contribution in [1.82, 2.24) is 0 Å². The van der Waals surface area contributed by atoms with Gasteiger partial charge in [0.25, 0.3) is 0 Å². The van der Waals surface area contributed by atoms with Gasteiger partial charge in [-0.25, -0.2) is 0 Å². The summed E-state index contributed by atoms with van der Waals surface area (Å²) in [4.78, 5) is 30.9. The molecule has 3 N–H and O–H groups in total. The molecule has 0 aromatic carbocycles. The second-order valence-electron chi connectivity index (χ2n) is 16.9. The van der Waals surface area contributed by atoms with Gasteiger partial charge in [0, 0.05) is 19.3 Å². The summed E-state index contributed by atoms with van der Waals surface area (Å²) in [5.41, 5.74) is 0. The van der Waals surface area contributed by atoms with Crippen molar-refractivity contribution in [3.8, 4) is 0 Å². The Balaban J connectivity index is -0.0000000932. The van der Waals surface area contributed by atoms with E-state index >= 15 is 0 Å². The van der Waals surface area contributed by atoms with E-state index in [-0.39, 0.29) is 51.8 Å². The molecule has 0 aliphatic heterocycles. The van der Waals surface area contributed by atoms with Gasteiger partial charge in [-0.3, -0.25) is 14.4 Å². The zero-order valence-corrected chi connectivity index (χ0v) is 42.4. The molecule has 0 aromatic rings. The van der Waals surface area contributed by atoms with Gasteiger partial charge in [0.2, 0.25) is 0 Å². The van der Waals surface area contributed by atoms with Crippen LogP contribution in [0.5, 0.6) is 0 Å². The van der Waals surface area contributed by atoms with Gasteiger partial charge in [-0.1, -0.05) is 265 Å². The standard InChI is InChI=1S/2C18H36O2.C14H28O2.2Mg.4H/c2*1-2-3-4-5-6-7-8-9-10-11-12-13-14-15-16-17-18(19)20;1-2-3-4-5-6-7-8-9-10-11-12-13-14(15)16;;;;;;/h2*2-17H2,1H3,(H,19,20);2-13H2,1H3,(H,15,16);;;;;;/q;;;2*+2;4*-1. The molecule has 8 heteroatoms. The summed E-state index contributed by atoms with van der Waals surface area (Å²) >= 11 is 0. The van der Waals surface area contributed by atoms with Crippen molar-refractivity contribution in [2.75, 3.05) is 0 Å². The predicted molar refractivity (Wildman–Crippen MR) is 259 cm³/mol. The van der Waals surface area contributed by atoms with Gasteiger partial charge < -0.3 is 21.0 Å². The molecule has 6 nitrogen and oxygen atoms in total. The minimum absolute atomic E-state index is 0. The fourth-order valence-electron chi connectivity index (χ4n) is 7.24. The number of hydrogen-bond acceptors (Lipinski definition) is 3. The number of hydrogen-bond donors (Lipinski definition) is 3. The van der Waals surface area contributed by atoms with Crippen molar-refractivity contribution in [2.45, 2.75) is 303 Å². The van der Waals surface area contributed by atoms with Gasteiger partial charge in [0.1, 0.15) is 0 Å².